The Morgan fingerprint density at radius 1 is 1.23 bits per heavy atom. The third-order valence-electron chi connectivity index (χ3n) is 1.76. The molecule has 13 heavy (non-hydrogen) atoms. The minimum atomic E-state index is -1.01. The summed E-state index contributed by atoms with van der Waals surface area (Å²) < 4.78 is 31.3. The average Bonchev–Trinajstić information content (AvgIpc) is 2.15. The van der Waals surface area contributed by atoms with E-state index in [4.69, 9.17) is 4.74 Å². The van der Waals surface area contributed by atoms with Crippen LogP contribution in [0.2, 0.25) is 0 Å². The fraction of sp³-hybridized carbons (Fsp3) is 0.111. The SMILES string of the molecule is FC1=C(F)C(Br)Oc2ccccc21. The fourth-order valence-electron chi connectivity index (χ4n) is 1.14. The molecule has 0 aromatic heterocycles. The average molecular weight is 247 g/mol. The van der Waals surface area contributed by atoms with Crippen molar-refractivity contribution in [3.05, 3.63) is 35.7 Å². The molecule has 0 bridgehead atoms. The molecule has 1 aromatic carbocycles. The summed E-state index contributed by atoms with van der Waals surface area (Å²) in [6.07, 6.45) is 0. The van der Waals surface area contributed by atoms with Crippen LogP contribution in [0.4, 0.5) is 8.78 Å². The van der Waals surface area contributed by atoms with Gasteiger partial charge in [0.1, 0.15) is 5.75 Å². The van der Waals surface area contributed by atoms with E-state index in [1.54, 1.807) is 18.2 Å². The van der Waals surface area contributed by atoms with Gasteiger partial charge >= 0.3 is 0 Å². The van der Waals surface area contributed by atoms with Crippen molar-refractivity contribution in [2.75, 3.05) is 0 Å². The second-order valence-electron chi connectivity index (χ2n) is 2.59. The molecule has 0 fully saturated rings. The summed E-state index contributed by atoms with van der Waals surface area (Å²) in [5, 5.41) is -1.01. The zero-order valence-corrected chi connectivity index (χ0v) is 8.01. The van der Waals surface area contributed by atoms with E-state index in [2.05, 4.69) is 15.9 Å². The van der Waals surface area contributed by atoms with Gasteiger partial charge in [0.15, 0.2) is 11.7 Å². The number of rotatable bonds is 0. The van der Waals surface area contributed by atoms with E-state index in [1.165, 1.54) is 6.07 Å². The first-order valence-electron chi connectivity index (χ1n) is 3.65. The first-order valence-corrected chi connectivity index (χ1v) is 4.57. The van der Waals surface area contributed by atoms with Crippen molar-refractivity contribution in [3.63, 3.8) is 0 Å². The molecular weight excluding hydrogens is 242 g/mol. The molecule has 0 radical (unpaired) electrons. The molecule has 1 atom stereocenters. The first kappa shape index (κ1) is 8.69. The van der Waals surface area contributed by atoms with Gasteiger partial charge in [0.25, 0.3) is 0 Å². The minimum absolute atomic E-state index is 0.163. The van der Waals surface area contributed by atoms with Crippen LogP contribution >= 0.6 is 15.9 Å². The van der Waals surface area contributed by atoms with Gasteiger partial charge in [-0.05, 0) is 28.1 Å². The van der Waals surface area contributed by atoms with Gasteiger partial charge in [-0.2, -0.15) is 0 Å². The maximum Gasteiger partial charge on any atom is 0.207 e. The number of benzene rings is 1. The smallest absolute Gasteiger partial charge is 0.207 e. The van der Waals surface area contributed by atoms with Crippen LogP contribution in [-0.2, 0) is 0 Å². The Bertz CT molecular complexity index is 376. The van der Waals surface area contributed by atoms with Gasteiger partial charge in [-0.15, -0.1) is 0 Å². The molecule has 0 saturated carbocycles. The monoisotopic (exact) mass is 246 g/mol. The maximum absolute atomic E-state index is 13.2. The molecule has 4 heteroatoms. The molecule has 0 N–H and O–H groups in total. The largest absolute Gasteiger partial charge is 0.471 e. The number of para-hydroxylation sites is 1. The summed E-state index contributed by atoms with van der Waals surface area (Å²) in [7, 11) is 0. The molecule has 1 aliphatic rings. The molecule has 68 valence electrons. The predicted octanol–water partition coefficient (Wildman–Crippen LogP) is 3.41. The molecule has 1 aliphatic heterocycles. The summed E-state index contributed by atoms with van der Waals surface area (Å²) >= 11 is 2.87. The summed E-state index contributed by atoms with van der Waals surface area (Å²) in [5.41, 5.74) is 0.163. The highest BCUT2D eigenvalue weighted by Gasteiger charge is 2.27. The van der Waals surface area contributed by atoms with Crippen LogP contribution in [0, 0.1) is 0 Å². The van der Waals surface area contributed by atoms with Crippen molar-refractivity contribution in [1.82, 2.24) is 0 Å². The van der Waals surface area contributed by atoms with Crippen LogP contribution in [0.25, 0.3) is 5.83 Å². The number of alkyl halides is 1. The Balaban J connectivity index is 2.59. The van der Waals surface area contributed by atoms with Crippen LogP contribution in [0.15, 0.2) is 30.1 Å². The molecule has 1 unspecified atom stereocenters. The molecule has 2 rings (SSSR count). The Kier molecular flexibility index (Phi) is 2.07. The molecule has 1 heterocycles. The minimum Gasteiger partial charge on any atom is -0.471 e. The Labute approximate surface area is 82.1 Å². The maximum atomic E-state index is 13.2. The van der Waals surface area contributed by atoms with E-state index in [0.717, 1.165) is 0 Å². The number of halogens is 3. The van der Waals surface area contributed by atoms with Gasteiger partial charge in [0.05, 0.1) is 5.56 Å². The van der Waals surface area contributed by atoms with Crippen LogP contribution in [0.3, 0.4) is 0 Å². The molecule has 0 spiro atoms. The standard InChI is InChI=1S/C9H5BrF2O/c10-9-8(12)7(11)5-3-1-2-4-6(5)13-9/h1-4,9H. The van der Waals surface area contributed by atoms with Gasteiger partial charge in [-0.25, -0.2) is 8.78 Å². The van der Waals surface area contributed by atoms with Crippen LogP contribution in [0.5, 0.6) is 5.75 Å². The quantitative estimate of drug-likeness (QED) is 0.638. The van der Waals surface area contributed by atoms with Crippen molar-refractivity contribution in [1.29, 1.82) is 0 Å². The van der Waals surface area contributed by atoms with Gasteiger partial charge in [-0.1, -0.05) is 12.1 Å². The zero-order chi connectivity index (χ0) is 9.42. The molecule has 0 saturated heterocycles. The van der Waals surface area contributed by atoms with Gasteiger partial charge in [0.2, 0.25) is 5.01 Å². The molecule has 0 aliphatic carbocycles. The van der Waals surface area contributed by atoms with Crippen LogP contribution in [0.1, 0.15) is 5.56 Å². The molecule has 1 aromatic rings. The highest BCUT2D eigenvalue weighted by atomic mass is 79.9. The Morgan fingerprint density at radius 2 is 1.92 bits per heavy atom. The van der Waals surface area contributed by atoms with Gasteiger partial charge < -0.3 is 4.74 Å². The van der Waals surface area contributed by atoms with Gasteiger partial charge in [-0.3, -0.25) is 0 Å². The number of hydrogen-bond acceptors (Lipinski definition) is 1. The highest BCUT2D eigenvalue weighted by Crippen LogP contribution is 2.38. The lowest BCUT2D eigenvalue weighted by molar-refractivity contribution is 0.282. The van der Waals surface area contributed by atoms with Crippen molar-refractivity contribution >= 4 is 21.8 Å². The third-order valence-corrected chi connectivity index (χ3v) is 2.35. The van der Waals surface area contributed by atoms with Crippen molar-refractivity contribution in [2.24, 2.45) is 0 Å². The number of ether oxygens (including phenoxy) is 1. The lowest BCUT2D eigenvalue weighted by atomic mass is 10.1. The topological polar surface area (TPSA) is 9.23 Å². The van der Waals surface area contributed by atoms with E-state index in [9.17, 15) is 8.78 Å². The van der Waals surface area contributed by atoms with Gasteiger partial charge in [0, 0.05) is 0 Å². The van der Waals surface area contributed by atoms with Crippen molar-refractivity contribution in [3.8, 4) is 5.75 Å². The van der Waals surface area contributed by atoms with Crippen molar-refractivity contribution < 1.29 is 13.5 Å². The predicted molar refractivity (Wildman–Crippen MR) is 48.9 cm³/mol. The van der Waals surface area contributed by atoms with Crippen LogP contribution in [-0.4, -0.2) is 5.01 Å². The van der Waals surface area contributed by atoms with E-state index in [0.29, 0.717) is 5.75 Å². The lowest BCUT2D eigenvalue weighted by Crippen LogP contribution is -2.15. The second kappa shape index (κ2) is 3.10. The normalized spacial score (nSPS) is 21.0. The summed E-state index contributed by atoms with van der Waals surface area (Å²) in [6.45, 7) is 0. The van der Waals surface area contributed by atoms with Crippen molar-refractivity contribution in [2.45, 2.75) is 5.01 Å². The van der Waals surface area contributed by atoms with E-state index < -0.39 is 16.7 Å². The van der Waals surface area contributed by atoms with Crippen LogP contribution < -0.4 is 4.74 Å². The highest BCUT2D eigenvalue weighted by molar-refractivity contribution is 9.09. The Hall–Kier alpha value is -0.900. The molecular formula is C9H5BrF2O. The second-order valence-corrected chi connectivity index (χ2v) is 3.42. The zero-order valence-electron chi connectivity index (χ0n) is 6.43. The Morgan fingerprint density at radius 3 is 2.69 bits per heavy atom. The van der Waals surface area contributed by atoms with E-state index >= 15 is 0 Å². The number of hydrogen-bond donors (Lipinski definition) is 0. The van der Waals surface area contributed by atoms with E-state index in [-0.39, 0.29) is 5.56 Å². The lowest BCUT2D eigenvalue weighted by Gasteiger charge is -2.19. The number of fused-ring (bicyclic) bond motifs is 1. The third kappa shape index (κ3) is 1.35. The fourth-order valence-corrected chi connectivity index (χ4v) is 1.54. The first-order chi connectivity index (χ1) is 6.20. The molecule has 0 amide bonds. The summed E-state index contributed by atoms with van der Waals surface area (Å²) in [6, 6.07) is 6.40. The van der Waals surface area contributed by atoms with E-state index in [1.807, 2.05) is 0 Å². The summed E-state index contributed by atoms with van der Waals surface area (Å²) in [5.74, 6) is -1.43. The summed E-state index contributed by atoms with van der Waals surface area (Å²) in [4.78, 5) is 0. The molecule has 1 nitrogen and oxygen atoms in total.